The van der Waals surface area contributed by atoms with Crippen LogP contribution in [0.4, 0.5) is 10.9 Å². The van der Waals surface area contributed by atoms with Gasteiger partial charge in [0.05, 0.1) is 6.61 Å². The van der Waals surface area contributed by atoms with Crippen LogP contribution in [0.3, 0.4) is 0 Å². The summed E-state index contributed by atoms with van der Waals surface area (Å²) >= 11 is 1.34. The Labute approximate surface area is 124 Å². The topological polar surface area (TPSA) is 71.7 Å². The van der Waals surface area contributed by atoms with E-state index in [0.29, 0.717) is 37.0 Å². The minimum absolute atomic E-state index is 0.0713. The van der Waals surface area contributed by atoms with E-state index in [9.17, 15) is 4.79 Å². The number of hydrogen-bond acceptors (Lipinski definition) is 6. The van der Waals surface area contributed by atoms with Crippen molar-refractivity contribution in [2.45, 2.75) is 20.8 Å². The molecule has 1 aromatic heterocycles. The van der Waals surface area contributed by atoms with Gasteiger partial charge in [-0.3, -0.25) is 4.79 Å². The van der Waals surface area contributed by atoms with Crippen molar-refractivity contribution in [3.05, 3.63) is 4.88 Å². The number of carbonyl (C=O) groups excluding carboxylic acids is 1. The maximum atomic E-state index is 12.5. The molecule has 0 unspecified atom stereocenters. The lowest BCUT2D eigenvalue weighted by Crippen LogP contribution is -2.33. The summed E-state index contributed by atoms with van der Waals surface area (Å²) in [7, 11) is 1.93. The predicted molar refractivity (Wildman–Crippen MR) is 83.5 cm³/mol. The van der Waals surface area contributed by atoms with Crippen molar-refractivity contribution in [2.24, 2.45) is 0 Å². The minimum atomic E-state index is -0.0713. The highest BCUT2D eigenvalue weighted by Crippen LogP contribution is 2.28. The van der Waals surface area contributed by atoms with Crippen LogP contribution in [0.2, 0.25) is 0 Å². The summed E-state index contributed by atoms with van der Waals surface area (Å²) in [5, 5.41) is 0.772. The molecule has 0 saturated heterocycles. The Hall–Kier alpha value is -1.34. The monoisotopic (exact) mass is 300 g/mol. The summed E-state index contributed by atoms with van der Waals surface area (Å²) in [5.74, 6) is 0.239. The normalized spacial score (nSPS) is 10.6. The maximum absolute atomic E-state index is 12.5. The second-order valence-electron chi connectivity index (χ2n) is 4.31. The Balaban J connectivity index is 2.81. The molecule has 0 saturated carbocycles. The van der Waals surface area contributed by atoms with E-state index in [4.69, 9.17) is 10.5 Å². The minimum Gasteiger partial charge on any atom is -0.382 e. The van der Waals surface area contributed by atoms with Crippen molar-refractivity contribution in [2.75, 3.05) is 50.5 Å². The van der Waals surface area contributed by atoms with Gasteiger partial charge < -0.3 is 20.3 Å². The highest BCUT2D eigenvalue weighted by molar-refractivity contribution is 7.18. The maximum Gasteiger partial charge on any atom is 0.267 e. The number of nitrogens with two attached hydrogens (primary N) is 1. The second-order valence-corrected chi connectivity index (χ2v) is 5.28. The largest absolute Gasteiger partial charge is 0.382 e. The number of aromatic nitrogens is 1. The summed E-state index contributed by atoms with van der Waals surface area (Å²) in [5.41, 5.74) is 5.88. The summed E-state index contributed by atoms with van der Waals surface area (Å²) in [4.78, 5) is 20.9. The van der Waals surface area contributed by atoms with Gasteiger partial charge in [0, 0.05) is 33.3 Å². The number of rotatable bonds is 8. The van der Waals surface area contributed by atoms with Crippen molar-refractivity contribution in [1.82, 2.24) is 9.88 Å². The zero-order valence-corrected chi connectivity index (χ0v) is 13.5. The fourth-order valence-corrected chi connectivity index (χ4v) is 2.62. The van der Waals surface area contributed by atoms with E-state index < -0.39 is 0 Å². The Morgan fingerprint density at radius 1 is 1.35 bits per heavy atom. The van der Waals surface area contributed by atoms with Gasteiger partial charge in [-0.15, -0.1) is 0 Å². The molecule has 0 atom stereocenters. The molecule has 20 heavy (non-hydrogen) atoms. The molecule has 0 fully saturated rings. The number of likely N-dealkylation sites (N-methyl/N-ethyl adjacent to an activating group) is 1. The molecule has 0 aliphatic rings. The number of amides is 1. The molecule has 7 heteroatoms. The van der Waals surface area contributed by atoms with Crippen molar-refractivity contribution in [1.29, 1.82) is 0 Å². The molecular formula is C13H24N4O2S. The average molecular weight is 300 g/mol. The van der Waals surface area contributed by atoms with E-state index in [1.807, 2.05) is 32.7 Å². The first-order valence-corrected chi connectivity index (χ1v) is 7.71. The second kappa shape index (κ2) is 8.06. The standard InChI is InChI=1S/C13H24N4O2S/c1-5-16(4)13-15-11(14)10(20-13)12(18)17(6-2)8-9-19-7-3/h5-9,14H2,1-4H3. The Kier molecular flexibility index (Phi) is 6.74. The van der Waals surface area contributed by atoms with Crippen LogP contribution in [0, 0.1) is 0 Å². The quantitative estimate of drug-likeness (QED) is 0.740. The Morgan fingerprint density at radius 2 is 2.05 bits per heavy atom. The molecule has 0 aliphatic heterocycles. The van der Waals surface area contributed by atoms with Gasteiger partial charge in [-0.25, -0.2) is 4.98 Å². The summed E-state index contributed by atoms with van der Waals surface area (Å²) in [6, 6.07) is 0. The third-order valence-corrected chi connectivity index (χ3v) is 4.19. The van der Waals surface area contributed by atoms with Crippen molar-refractivity contribution < 1.29 is 9.53 Å². The van der Waals surface area contributed by atoms with Crippen LogP contribution in [-0.2, 0) is 4.74 Å². The summed E-state index contributed by atoms with van der Waals surface area (Å²) in [6.07, 6.45) is 0. The van der Waals surface area contributed by atoms with Crippen LogP contribution in [-0.4, -0.2) is 55.7 Å². The molecule has 0 radical (unpaired) electrons. The van der Waals surface area contributed by atoms with E-state index in [1.54, 1.807) is 4.90 Å². The van der Waals surface area contributed by atoms with E-state index in [1.165, 1.54) is 11.3 Å². The smallest absolute Gasteiger partial charge is 0.267 e. The third kappa shape index (κ3) is 4.08. The molecule has 1 amide bonds. The third-order valence-electron chi connectivity index (χ3n) is 3.02. The number of hydrogen-bond donors (Lipinski definition) is 1. The summed E-state index contributed by atoms with van der Waals surface area (Å²) in [6.45, 7) is 9.12. The van der Waals surface area contributed by atoms with Crippen LogP contribution >= 0.6 is 11.3 Å². The van der Waals surface area contributed by atoms with Gasteiger partial charge in [-0.2, -0.15) is 0 Å². The first kappa shape index (κ1) is 16.7. The average Bonchev–Trinajstić information content (AvgIpc) is 2.84. The number of anilines is 2. The number of nitrogens with zero attached hydrogens (tertiary/aromatic N) is 3. The Bertz CT molecular complexity index is 436. The molecule has 2 N–H and O–H groups in total. The van der Waals surface area contributed by atoms with Crippen LogP contribution in [0.15, 0.2) is 0 Å². The fraction of sp³-hybridized carbons (Fsp3) is 0.692. The highest BCUT2D eigenvalue weighted by atomic mass is 32.1. The van der Waals surface area contributed by atoms with Crippen LogP contribution in [0.5, 0.6) is 0 Å². The van der Waals surface area contributed by atoms with Gasteiger partial charge in [-0.1, -0.05) is 11.3 Å². The first-order valence-electron chi connectivity index (χ1n) is 6.89. The van der Waals surface area contributed by atoms with E-state index >= 15 is 0 Å². The van der Waals surface area contributed by atoms with Gasteiger partial charge >= 0.3 is 0 Å². The number of thiazole rings is 1. The SMILES string of the molecule is CCOCCN(CC)C(=O)c1sc(N(C)CC)nc1N. The van der Waals surface area contributed by atoms with E-state index in [-0.39, 0.29) is 5.91 Å². The molecule has 1 heterocycles. The van der Waals surface area contributed by atoms with Gasteiger partial charge in [-0.05, 0) is 20.8 Å². The fourth-order valence-electron chi connectivity index (χ4n) is 1.64. The number of nitrogen functional groups attached to an aromatic ring is 1. The lowest BCUT2D eigenvalue weighted by atomic mass is 10.4. The van der Waals surface area contributed by atoms with E-state index in [2.05, 4.69) is 4.98 Å². The van der Waals surface area contributed by atoms with E-state index in [0.717, 1.165) is 11.7 Å². The van der Waals surface area contributed by atoms with Crippen molar-refractivity contribution in [3.63, 3.8) is 0 Å². The zero-order chi connectivity index (χ0) is 15.1. The van der Waals surface area contributed by atoms with Gasteiger partial charge in [0.25, 0.3) is 5.91 Å². The molecular weight excluding hydrogens is 276 g/mol. The molecule has 6 nitrogen and oxygen atoms in total. The van der Waals surface area contributed by atoms with Gasteiger partial charge in [0.2, 0.25) is 0 Å². The number of carbonyl (C=O) groups is 1. The molecule has 0 aliphatic carbocycles. The number of ether oxygens (including phenoxy) is 1. The lowest BCUT2D eigenvalue weighted by molar-refractivity contribution is 0.0674. The summed E-state index contributed by atoms with van der Waals surface area (Å²) < 4.78 is 5.30. The predicted octanol–water partition coefficient (Wildman–Crippen LogP) is 1.68. The Morgan fingerprint density at radius 3 is 2.60 bits per heavy atom. The van der Waals surface area contributed by atoms with Crippen LogP contribution in [0.1, 0.15) is 30.4 Å². The van der Waals surface area contributed by atoms with Crippen molar-refractivity contribution in [3.8, 4) is 0 Å². The molecule has 0 aromatic carbocycles. The van der Waals surface area contributed by atoms with Crippen LogP contribution < -0.4 is 10.6 Å². The van der Waals surface area contributed by atoms with Gasteiger partial charge in [0.15, 0.2) is 5.13 Å². The molecule has 114 valence electrons. The molecule has 0 bridgehead atoms. The molecule has 0 spiro atoms. The molecule has 1 rings (SSSR count). The zero-order valence-electron chi connectivity index (χ0n) is 12.7. The van der Waals surface area contributed by atoms with Crippen molar-refractivity contribution >= 4 is 28.2 Å². The highest BCUT2D eigenvalue weighted by Gasteiger charge is 2.22. The van der Waals surface area contributed by atoms with Gasteiger partial charge in [0.1, 0.15) is 10.7 Å². The van der Waals surface area contributed by atoms with Crippen LogP contribution in [0.25, 0.3) is 0 Å². The lowest BCUT2D eigenvalue weighted by Gasteiger charge is -2.20. The molecule has 1 aromatic rings. The first-order chi connectivity index (χ1) is 9.54.